The van der Waals surface area contributed by atoms with Gasteiger partial charge in [0.1, 0.15) is 6.10 Å². The zero-order valence-corrected chi connectivity index (χ0v) is 12.9. The molecular weight excluding hydrogens is 254 g/mol. The molecule has 5 heteroatoms. The van der Waals surface area contributed by atoms with E-state index in [9.17, 15) is 0 Å². The first-order chi connectivity index (χ1) is 9.74. The van der Waals surface area contributed by atoms with Crippen molar-refractivity contribution in [2.75, 3.05) is 13.7 Å². The molecule has 1 aliphatic carbocycles. The van der Waals surface area contributed by atoms with Crippen LogP contribution >= 0.6 is 0 Å². The van der Waals surface area contributed by atoms with E-state index in [0.717, 1.165) is 12.2 Å². The van der Waals surface area contributed by atoms with E-state index in [1.807, 2.05) is 14.0 Å². The number of nitrogens with zero attached hydrogens (tertiary/aromatic N) is 2. The maximum absolute atomic E-state index is 5.91. The van der Waals surface area contributed by atoms with E-state index in [-0.39, 0.29) is 6.10 Å². The largest absolute Gasteiger partial charge is 0.370 e. The van der Waals surface area contributed by atoms with E-state index < -0.39 is 0 Å². The van der Waals surface area contributed by atoms with Gasteiger partial charge in [0.2, 0.25) is 11.7 Å². The lowest BCUT2D eigenvalue weighted by atomic mass is 9.85. The zero-order valence-electron chi connectivity index (χ0n) is 12.9. The molecule has 1 saturated carbocycles. The molecule has 0 radical (unpaired) electrons. The Morgan fingerprint density at radius 1 is 1.35 bits per heavy atom. The van der Waals surface area contributed by atoms with Crippen LogP contribution in [0, 0.1) is 5.92 Å². The molecule has 0 amide bonds. The van der Waals surface area contributed by atoms with Crippen molar-refractivity contribution in [1.29, 1.82) is 0 Å². The molecule has 0 aliphatic heterocycles. The third-order valence-corrected chi connectivity index (χ3v) is 4.14. The Balaban J connectivity index is 2.04. The maximum Gasteiger partial charge on any atom is 0.228 e. The molecule has 1 fully saturated rings. The van der Waals surface area contributed by atoms with Crippen LogP contribution in [-0.4, -0.2) is 29.8 Å². The molecule has 20 heavy (non-hydrogen) atoms. The topological polar surface area (TPSA) is 60.2 Å². The first-order valence-corrected chi connectivity index (χ1v) is 7.86. The summed E-state index contributed by atoms with van der Waals surface area (Å²) in [5.74, 6) is 1.97. The number of nitrogens with one attached hydrogen (secondary N) is 1. The maximum atomic E-state index is 5.91. The second kappa shape index (κ2) is 7.74. The number of rotatable bonds is 7. The summed E-state index contributed by atoms with van der Waals surface area (Å²) < 4.78 is 11.3. The average molecular weight is 281 g/mol. The molecule has 2 atom stereocenters. The van der Waals surface area contributed by atoms with Crippen LogP contribution in [0.4, 0.5) is 0 Å². The van der Waals surface area contributed by atoms with Gasteiger partial charge in [-0.3, -0.25) is 0 Å². The van der Waals surface area contributed by atoms with E-state index in [4.69, 9.17) is 9.26 Å². The van der Waals surface area contributed by atoms with Gasteiger partial charge in [0.05, 0.1) is 0 Å². The monoisotopic (exact) mass is 281 g/mol. The molecule has 0 saturated heterocycles. The summed E-state index contributed by atoms with van der Waals surface area (Å²) in [5, 5.41) is 7.34. The highest BCUT2D eigenvalue weighted by Gasteiger charge is 2.29. The molecule has 5 nitrogen and oxygen atoms in total. The predicted octanol–water partition coefficient (Wildman–Crippen LogP) is 2.88. The minimum atomic E-state index is 0.00249. The van der Waals surface area contributed by atoms with Crippen molar-refractivity contribution < 1.29 is 9.26 Å². The molecule has 2 rings (SSSR count). The average Bonchev–Trinajstić information content (AvgIpc) is 2.93. The Labute approximate surface area is 121 Å². The number of ether oxygens (including phenoxy) is 1. The van der Waals surface area contributed by atoms with Gasteiger partial charge in [0.25, 0.3) is 0 Å². The molecule has 114 valence electrons. The highest BCUT2D eigenvalue weighted by Crippen LogP contribution is 2.35. The summed E-state index contributed by atoms with van der Waals surface area (Å²) in [6, 6.07) is 0.337. The predicted molar refractivity (Wildman–Crippen MR) is 77.5 cm³/mol. The van der Waals surface area contributed by atoms with E-state index in [0.29, 0.717) is 24.5 Å². The Bertz CT molecular complexity index is 388. The normalized spacial score (nSPS) is 19.9. The fourth-order valence-corrected chi connectivity index (χ4v) is 2.87. The summed E-state index contributed by atoms with van der Waals surface area (Å²) in [6.45, 7) is 4.82. The smallest absolute Gasteiger partial charge is 0.228 e. The minimum absolute atomic E-state index is 0.00249. The third kappa shape index (κ3) is 4.03. The number of hydrogen-bond donors (Lipinski definition) is 1. The van der Waals surface area contributed by atoms with Crippen LogP contribution in [0.25, 0.3) is 0 Å². The van der Waals surface area contributed by atoms with E-state index in [1.165, 1.54) is 32.1 Å². The van der Waals surface area contributed by atoms with Crippen LogP contribution in [0.1, 0.15) is 63.8 Å². The van der Waals surface area contributed by atoms with Crippen LogP contribution in [0.15, 0.2) is 4.52 Å². The van der Waals surface area contributed by atoms with Gasteiger partial charge in [0, 0.05) is 19.1 Å². The lowest BCUT2D eigenvalue weighted by molar-refractivity contribution is -0.00145. The van der Waals surface area contributed by atoms with Crippen LogP contribution in [-0.2, 0) is 11.2 Å². The molecule has 1 heterocycles. The number of likely N-dealkylation sites (N-methyl/N-ethyl adjacent to an activating group) is 1. The van der Waals surface area contributed by atoms with Crippen LogP contribution in [0.5, 0.6) is 0 Å². The highest BCUT2D eigenvalue weighted by atomic mass is 16.5. The van der Waals surface area contributed by atoms with Gasteiger partial charge < -0.3 is 14.6 Å². The molecule has 1 aromatic heterocycles. The molecule has 1 N–H and O–H groups in total. The van der Waals surface area contributed by atoms with Gasteiger partial charge in [-0.05, 0) is 39.7 Å². The van der Waals surface area contributed by atoms with Gasteiger partial charge in [-0.2, -0.15) is 4.98 Å². The Hall–Kier alpha value is -0.940. The Morgan fingerprint density at radius 2 is 2.10 bits per heavy atom. The summed E-state index contributed by atoms with van der Waals surface area (Å²) >= 11 is 0. The summed E-state index contributed by atoms with van der Waals surface area (Å²) in [4.78, 5) is 4.55. The molecule has 0 bridgehead atoms. The zero-order chi connectivity index (χ0) is 14.4. The summed E-state index contributed by atoms with van der Waals surface area (Å²) in [5.41, 5.74) is 0. The second-order valence-electron chi connectivity index (χ2n) is 5.71. The summed E-state index contributed by atoms with van der Waals surface area (Å²) in [6.07, 6.45) is 7.09. The molecule has 1 aromatic rings. The van der Waals surface area contributed by atoms with Crippen molar-refractivity contribution in [3.63, 3.8) is 0 Å². The minimum Gasteiger partial charge on any atom is -0.370 e. The van der Waals surface area contributed by atoms with Crippen molar-refractivity contribution >= 4 is 0 Å². The molecular formula is C15H27N3O2. The Kier molecular flexibility index (Phi) is 5.98. The summed E-state index contributed by atoms with van der Waals surface area (Å²) in [7, 11) is 1.94. The van der Waals surface area contributed by atoms with Crippen LogP contribution in [0.3, 0.4) is 0 Å². The number of aromatic nitrogens is 2. The second-order valence-corrected chi connectivity index (χ2v) is 5.71. The molecule has 0 spiro atoms. The van der Waals surface area contributed by atoms with Gasteiger partial charge in [-0.25, -0.2) is 0 Å². The van der Waals surface area contributed by atoms with Crippen molar-refractivity contribution in [2.24, 2.45) is 5.92 Å². The fraction of sp³-hybridized carbons (Fsp3) is 0.867. The van der Waals surface area contributed by atoms with Gasteiger partial charge >= 0.3 is 0 Å². The molecule has 2 unspecified atom stereocenters. The van der Waals surface area contributed by atoms with E-state index >= 15 is 0 Å². The fourth-order valence-electron chi connectivity index (χ4n) is 2.87. The van der Waals surface area contributed by atoms with Crippen molar-refractivity contribution in [1.82, 2.24) is 15.5 Å². The molecule has 0 aromatic carbocycles. The Morgan fingerprint density at radius 3 is 2.75 bits per heavy atom. The quantitative estimate of drug-likeness (QED) is 0.832. The molecule has 1 aliphatic rings. The third-order valence-electron chi connectivity index (χ3n) is 4.14. The van der Waals surface area contributed by atoms with Crippen LogP contribution < -0.4 is 5.32 Å². The standard InChI is InChI=1S/C15H27N3O2/c1-4-19-14(12-8-6-5-7-9-12)15-17-13(20-18-15)10-11(2)16-3/h11-12,14,16H,4-10H2,1-3H3. The van der Waals surface area contributed by atoms with Gasteiger partial charge in [-0.1, -0.05) is 24.4 Å². The van der Waals surface area contributed by atoms with E-state index in [1.54, 1.807) is 0 Å². The first-order valence-electron chi connectivity index (χ1n) is 7.86. The van der Waals surface area contributed by atoms with Crippen LogP contribution in [0.2, 0.25) is 0 Å². The first kappa shape index (κ1) is 15.4. The van der Waals surface area contributed by atoms with Crippen molar-refractivity contribution in [3.8, 4) is 0 Å². The number of hydrogen-bond acceptors (Lipinski definition) is 5. The van der Waals surface area contributed by atoms with Gasteiger partial charge in [0.15, 0.2) is 0 Å². The van der Waals surface area contributed by atoms with E-state index in [2.05, 4.69) is 22.4 Å². The lowest BCUT2D eigenvalue weighted by Gasteiger charge is -2.27. The highest BCUT2D eigenvalue weighted by molar-refractivity contribution is 4.96. The SMILES string of the molecule is CCOC(c1noc(CC(C)NC)n1)C1CCCCC1. The van der Waals surface area contributed by atoms with Gasteiger partial charge in [-0.15, -0.1) is 0 Å². The lowest BCUT2D eigenvalue weighted by Crippen LogP contribution is -2.24. The van der Waals surface area contributed by atoms with Crippen molar-refractivity contribution in [2.45, 2.75) is 64.5 Å². The van der Waals surface area contributed by atoms with Crippen molar-refractivity contribution in [3.05, 3.63) is 11.7 Å².